The Balaban J connectivity index is 2.33. The normalized spacial score (nSPS) is 13.3. The van der Waals surface area contributed by atoms with Gasteiger partial charge in [-0.25, -0.2) is 13.9 Å². The molecule has 0 spiro atoms. The van der Waals surface area contributed by atoms with Crippen molar-refractivity contribution in [2.75, 3.05) is 14.2 Å². The minimum Gasteiger partial charge on any atom is -0.493 e. The van der Waals surface area contributed by atoms with Gasteiger partial charge in [0.15, 0.2) is 21.3 Å². The van der Waals surface area contributed by atoms with E-state index in [4.69, 9.17) is 9.47 Å². The Hall–Kier alpha value is -2.58. The van der Waals surface area contributed by atoms with Crippen molar-refractivity contribution in [1.29, 1.82) is 0 Å². The summed E-state index contributed by atoms with van der Waals surface area (Å²) in [6.07, 6.45) is 2.53. The molecule has 2 N–H and O–H groups in total. The molecular weight excluding hydrogens is 418 g/mol. The Morgan fingerprint density at radius 3 is 2.29 bits per heavy atom. The first-order valence-corrected chi connectivity index (χ1v) is 11.9. The van der Waals surface area contributed by atoms with Gasteiger partial charge in [0.1, 0.15) is 0 Å². The fraction of sp³-hybridized carbons (Fsp3) is 0.435. The largest absolute Gasteiger partial charge is 0.493 e. The number of carbonyl (C=O) groups is 1. The van der Waals surface area contributed by atoms with Crippen molar-refractivity contribution in [3.63, 3.8) is 0 Å². The summed E-state index contributed by atoms with van der Waals surface area (Å²) >= 11 is 0. The summed E-state index contributed by atoms with van der Waals surface area (Å²) in [6.45, 7) is 1.87. The highest BCUT2D eigenvalue weighted by Crippen LogP contribution is 2.34. The molecule has 2 aromatic rings. The topological polar surface area (TPSA) is 102 Å². The summed E-state index contributed by atoms with van der Waals surface area (Å²) in [4.78, 5) is 12.6. The molecule has 2 atom stereocenters. The maximum atomic E-state index is 13.5. The van der Waals surface area contributed by atoms with Crippen LogP contribution >= 0.6 is 0 Å². The molecule has 2 unspecified atom stereocenters. The number of hydrogen-bond acceptors (Lipinski definition) is 6. The molecule has 8 heteroatoms. The maximum Gasteiger partial charge on any atom is 0.247 e. The number of sulfone groups is 1. The first-order chi connectivity index (χ1) is 14.9. The van der Waals surface area contributed by atoms with Gasteiger partial charge in [-0.1, -0.05) is 43.7 Å². The molecule has 31 heavy (non-hydrogen) atoms. The quantitative estimate of drug-likeness (QED) is 0.378. The molecule has 0 bridgehead atoms. The third-order valence-electron chi connectivity index (χ3n) is 5.37. The van der Waals surface area contributed by atoms with Gasteiger partial charge in [0.25, 0.3) is 0 Å². The second-order valence-corrected chi connectivity index (χ2v) is 9.52. The SMILES string of the molecule is CCCC(C(CCCc1ccccc1)C(=O)NO)S(=O)(=O)c1ccc(OC)c(OC)c1. The molecule has 0 aliphatic rings. The highest BCUT2D eigenvalue weighted by atomic mass is 32.2. The van der Waals surface area contributed by atoms with Gasteiger partial charge in [0.05, 0.1) is 30.3 Å². The molecule has 0 aromatic heterocycles. The van der Waals surface area contributed by atoms with Crippen LogP contribution < -0.4 is 15.0 Å². The van der Waals surface area contributed by atoms with Crippen LogP contribution in [0.3, 0.4) is 0 Å². The summed E-state index contributed by atoms with van der Waals surface area (Å²) in [7, 11) is -0.971. The fourth-order valence-electron chi connectivity index (χ4n) is 3.76. The van der Waals surface area contributed by atoms with Crippen LogP contribution in [0.2, 0.25) is 0 Å². The van der Waals surface area contributed by atoms with E-state index in [0.717, 1.165) is 5.56 Å². The van der Waals surface area contributed by atoms with E-state index < -0.39 is 26.9 Å². The van der Waals surface area contributed by atoms with Crippen LogP contribution in [-0.4, -0.2) is 39.0 Å². The van der Waals surface area contributed by atoms with E-state index in [9.17, 15) is 18.4 Å². The third kappa shape index (κ3) is 6.21. The van der Waals surface area contributed by atoms with Crippen LogP contribution in [0.15, 0.2) is 53.4 Å². The van der Waals surface area contributed by atoms with Gasteiger partial charge in [-0.15, -0.1) is 0 Å². The number of ether oxygens (including phenoxy) is 2. The monoisotopic (exact) mass is 449 g/mol. The number of carbonyl (C=O) groups excluding carboxylic acids is 1. The molecule has 0 fully saturated rings. The molecule has 0 saturated carbocycles. The van der Waals surface area contributed by atoms with Gasteiger partial charge >= 0.3 is 0 Å². The van der Waals surface area contributed by atoms with Crippen molar-refractivity contribution in [3.05, 3.63) is 54.1 Å². The van der Waals surface area contributed by atoms with Crippen LogP contribution in [0.25, 0.3) is 0 Å². The molecule has 0 saturated heterocycles. The molecule has 0 aliphatic heterocycles. The smallest absolute Gasteiger partial charge is 0.247 e. The van der Waals surface area contributed by atoms with Crippen LogP contribution in [0.5, 0.6) is 11.5 Å². The van der Waals surface area contributed by atoms with E-state index in [1.54, 1.807) is 5.48 Å². The van der Waals surface area contributed by atoms with Crippen molar-refractivity contribution in [1.82, 2.24) is 5.48 Å². The van der Waals surface area contributed by atoms with Crippen LogP contribution in [0, 0.1) is 5.92 Å². The van der Waals surface area contributed by atoms with Crippen LogP contribution in [-0.2, 0) is 21.1 Å². The van der Waals surface area contributed by atoms with Gasteiger partial charge in [0.2, 0.25) is 5.91 Å². The molecule has 0 heterocycles. The van der Waals surface area contributed by atoms with E-state index in [2.05, 4.69) is 0 Å². The van der Waals surface area contributed by atoms with Gasteiger partial charge in [-0.05, 0) is 43.4 Å². The number of aryl methyl sites for hydroxylation is 1. The lowest BCUT2D eigenvalue weighted by Gasteiger charge is -2.26. The van der Waals surface area contributed by atoms with Gasteiger partial charge < -0.3 is 9.47 Å². The number of rotatable bonds is 12. The van der Waals surface area contributed by atoms with Crippen molar-refractivity contribution in [2.45, 2.75) is 49.2 Å². The maximum absolute atomic E-state index is 13.5. The zero-order valence-corrected chi connectivity index (χ0v) is 19.0. The molecular formula is C23H31NO6S. The molecule has 7 nitrogen and oxygen atoms in total. The lowest BCUT2D eigenvalue weighted by molar-refractivity contribution is -0.133. The average molecular weight is 450 g/mol. The second-order valence-electron chi connectivity index (χ2n) is 7.35. The Kier molecular flexibility index (Phi) is 9.33. The predicted octanol–water partition coefficient (Wildman–Crippen LogP) is 3.79. The predicted molar refractivity (Wildman–Crippen MR) is 118 cm³/mol. The van der Waals surface area contributed by atoms with Crippen LogP contribution in [0.4, 0.5) is 0 Å². The number of hydroxylamine groups is 1. The first kappa shape index (κ1) is 24.7. The van der Waals surface area contributed by atoms with E-state index in [0.29, 0.717) is 43.6 Å². The zero-order chi connectivity index (χ0) is 22.9. The minimum atomic E-state index is -3.88. The lowest BCUT2D eigenvalue weighted by atomic mass is 9.93. The summed E-state index contributed by atoms with van der Waals surface area (Å²) in [6, 6.07) is 14.2. The summed E-state index contributed by atoms with van der Waals surface area (Å²) < 4.78 is 37.5. The Morgan fingerprint density at radius 2 is 1.71 bits per heavy atom. The molecule has 2 rings (SSSR count). The van der Waals surface area contributed by atoms with Crippen molar-refractivity contribution in [2.24, 2.45) is 5.92 Å². The molecule has 2 aromatic carbocycles. The Labute approximate surface area is 184 Å². The average Bonchev–Trinajstić information content (AvgIpc) is 2.80. The summed E-state index contributed by atoms with van der Waals surface area (Å²) in [5.41, 5.74) is 2.78. The van der Waals surface area contributed by atoms with Crippen LogP contribution in [0.1, 0.15) is 38.2 Å². The minimum absolute atomic E-state index is 0.0578. The Morgan fingerprint density at radius 1 is 1.03 bits per heavy atom. The van der Waals surface area contributed by atoms with Gasteiger partial charge in [-0.3, -0.25) is 10.0 Å². The first-order valence-electron chi connectivity index (χ1n) is 10.3. The lowest BCUT2D eigenvalue weighted by Crippen LogP contribution is -2.40. The number of hydrogen-bond donors (Lipinski definition) is 2. The fourth-order valence-corrected chi connectivity index (χ4v) is 5.88. The number of amides is 1. The number of benzene rings is 2. The van der Waals surface area contributed by atoms with Crippen molar-refractivity contribution >= 4 is 15.7 Å². The summed E-state index contributed by atoms with van der Waals surface area (Å²) in [5, 5.41) is 8.32. The van der Waals surface area contributed by atoms with Crippen molar-refractivity contribution in [3.8, 4) is 11.5 Å². The zero-order valence-electron chi connectivity index (χ0n) is 18.2. The van der Waals surface area contributed by atoms with E-state index in [-0.39, 0.29) is 4.90 Å². The highest BCUT2D eigenvalue weighted by Gasteiger charge is 2.38. The summed E-state index contributed by atoms with van der Waals surface area (Å²) in [5.74, 6) is -0.852. The van der Waals surface area contributed by atoms with Gasteiger partial charge in [-0.2, -0.15) is 0 Å². The molecule has 1 amide bonds. The van der Waals surface area contributed by atoms with E-state index in [1.807, 2.05) is 37.3 Å². The van der Waals surface area contributed by atoms with E-state index in [1.165, 1.54) is 32.4 Å². The van der Waals surface area contributed by atoms with Crippen molar-refractivity contribution < 1.29 is 27.9 Å². The second kappa shape index (κ2) is 11.7. The number of methoxy groups -OCH3 is 2. The molecule has 0 radical (unpaired) electrons. The standard InChI is InChI=1S/C23H31NO6S/c1-4-9-22(31(27,28)18-14-15-20(29-2)21(16-18)30-3)19(23(25)24-26)13-8-12-17-10-6-5-7-11-17/h5-7,10-11,14-16,19,22,26H,4,8-9,12-13H2,1-3H3,(H,24,25). The van der Waals surface area contributed by atoms with E-state index >= 15 is 0 Å². The molecule has 170 valence electrons. The Bertz CT molecular complexity index is 946. The highest BCUT2D eigenvalue weighted by molar-refractivity contribution is 7.92. The third-order valence-corrected chi connectivity index (χ3v) is 7.65. The molecule has 0 aliphatic carbocycles. The van der Waals surface area contributed by atoms with Gasteiger partial charge in [0, 0.05) is 6.07 Å². The number of nitrogens with one attached hydrogen (secondary N) is 1.